The lowest BCUT2D eigenvalue weighted by molar-refractivity contribution is 0.577. The van der Waals surface area contributed by atoms with Crippen molar-refractivity contribution in [2.24, 2.45) is 0 Å². The molecule has 0 aliphatic rings. The van der Waals surface area contributed by atoms with Gasteiger partial charge in [0.25, 0.3) is 0 Å². The third kappa shape index (κ3) is 3.57. The number of nitrogens with zero attached hydrogens (tertiary/aromatic N) is 2. The topological polar surface area (TPSA) is 29.9 Å². The predicted octanol–water partition coefficient (Wildman–Crippen LogP) is 2.85. The van der Waals surface area contributed by atoms with Crippen molar-refractivity contribution in [2.45, 2.75) is 33.4 Å². The molecule has 0 saturated carbocycles. The Balaban J connectivity index is 2.58. The molecule has 0 aliphatic heterocycles. The first-order chi connectivity index (χ1) is 7.20. The van der Waals surface area contributed by atoms with E-state index >= 15 is 0 Å². The zero-order valence-electron chi connectivity index (χ0n) is 9.19. The summed E-state index contributed by atoms with van der Waals surface area (Å²) in [5, 5.41) is 8.91. The van der Waals surface area contributed by atoms with Crippen LogP contribution in [-0.2, 0) is 13.1 Å². The Morgan fingerprint density at radius 1 is 1.47 bits per heavy atom. The van der Waals surface area contributed by atoms with Crippen LogP contribution >= 0.6 is 31.9 Å². The fraction of sp³-hybridized carbons (Fsp3) is 0.700. The Hall–Kier alpha value is 0.130. The second-order valence-electron chi connectivity index (χ2n) is 3.38. The molecule has 0 aliphatic carbocycles. The van der Waals surface area contributed by atoms with Gasteiger partial charge in [-0.3, -0.25) is 4.68 Å². The largest absolute Gasteiger partial charge is 0.311 e. The van der Waals surface area contributed by atoms with E-state index in [1.165, 1.54) is 5.69 Å². The van der Waals surface area contributed by atoms with Crippen molar-refractivity contribution in [1.82, 2.24) is 15.1 Å². The molecule has 1 heterocycles. The molecule has 1 aromatic rings. The molecule has 0 aromatic carbocycles. The van der Waals surface area contributed by atoms with Crippen molar-refractivity contribution in [3.05, 3.63) is 15.9 Å². The number of hydrogen-bond donors (Lipinski definition) is 1. The maximum absolute atomic E-state index is 4.45. The van der Waals surface area contributed by atoms with E-state index in [0.29, 0.717) is 0 Å². The van der Waals surface area contributed by atoms with Gasteiger partial charge in [0.15, 0.2) is 0 Å². The molecule has 0 radical (unpaired) electrons. The van der Waals surface area contributed by atoms with E-state index in [0.717, 1.165) is 41.6 Å². The third-order valence-electron chi connectivity index (χ3n) is 2.23. The summed E-state index contributed by atoms with van der Waals surface area (Å²) in [5.74, 6) is 0. The molecule has 86 valence electrons. The molecule has 1 rings (SSSR count). The van der Waals surface area contributed by atoms with Crippen LogP contribution in [0.4, 0.5) is 0 Å². The second kappa shape index (κ2) is 6.66. The van der Waals surface area contributed by atoms with Crippen LogP contribution in [0.2, 0.25) is 0 Å². The Morgan fingerprint density at radius 3 is 2.80 bits per heavy atom. The molecular weight excluding hydrogens is 322 g/mol. The highest BCUT2D eigenvalue weighted by Gasteiger charge is 2.10. The fourth-order valence-electron chi connectivity index (χ4n) is 1.44. The molecule has 0 spiro atoms. The monoisotopic (exact) mass is 337 g/mol. The quantitative estimate of drug-likeness (QED) is 0.638. The first-order valence-electron chi connectivity index (χ1n) is 5.19. The van der Waals surface area contributed by atoms with E-state index in [1.54, 1.807) is 0 Å². The van der Waals surface area contributed by atoms with Crippen molar-refractivity contribution in [2.75, 3.05) is 11.9 Å². The highest BCUT2D eigenvalue weighted by Crippen LogP contribution is 2.20. The van der Waals surface area contributed by atoms with Gasteiger partial charge >= 0.3 is 0 Å². The molecule has 5 heteroatoms. The average Bonchev–Trinajstić information content (AvgIpc) is 2.51. The first-order valence-corrected chi connectivity index (χ1v) is 7.10. The minimum atomic E-state index is 0.877. The second-order valence-corrected chi connectivity index (χ2v) is 4.97. The zero-order valence-corrected chi connectivity index (χ0v) is 12.4. The van der Waals surface area contributed by atoms with E-state index in [2.05, 4.69) is 49.2 Å². The van der Waals surface area contributed by atoms with Gasteiger partial charge in [-0.1, -0.05) is 15.9 Å². The van der Waals surface area contributed by atoms with Gasteiger partial charge in [-0.05, 0) is 42.7 Å². The predicted molar refractivity (Wildman–Crippen MR) is 70.5 cm³/mol. The lowest BCUT2D eigenvalue weighted by Gasteiger charge is -2.06. The van der Waals surface area contributed by atoms with Crippen molar-refractivity contribution < 1.29 is 0 Å². The van der Waals surface area contributed by atoms with Gasteiger partial charge < -0.3 is 5.32 Å². The number of alkyl halides is 1. The lowest BCUT2D eigenvalue weighted by atomic mass is 10.3. The van der Waals surface area contributed by atoms with Crippen molar-refractivity contribution in [3.8, 4) is 0 Å². The third-order valence-corrected chi connectivity index (χ3v) is 3.82. The fourth-order valence-corrected chi connectivity index (χ4v) is 2.14. The SMILES string of the molecule is CCn1nc(C)c(Br)c1CNCCCBr. The zero-order chi connectivity index (χ0) is 11.3. The summed E-state index contributed by atoms with van der Waals surface area (Å²) < 4.78 is 3.18. The van der Waals surface area contributed by atoms with E-state index in [4.69, 9.17) is 0 Å². The minimum absolute atomic E-state index is 0.877. The van der Waals surface area contributed by atoms with Gasteiger partial charge in [-0.25, -0.2) is 0 Å². The molecular formula is C10H17Br2N3. The van der Waals surface area contributed by atoms with Crippen molar-refractivity contribution in [3.63, 3.8) is 0 Å². The van der Waals surface area contributed by atoms with Crippen LogP contribution in [-0.4, -0.2) is 21.7 Å². The lowest BCUT2D eigenvalue weighted by Crippen LogP contribution is -2.18. The number of halogens is 2. The summed E-state index contributed by atoms with van der Waals surface area (Å²) in [6, 6.07) is 0. The van der Waals surface area contributed by atoms with E-state index in [9.17, 15) is 0 Å². The Bertz CT molecular complexity index is 310. The van der Waals surface area contributed by atoms with Gasteiger partial charge in [0.2, 0.25) is 0 Å². The molecule has 0 fully saturated rings. The highest BCUT2D eigenvalue weighted by atomic mass is 79.9. The van der Waals surface area contributed by atoms with Gasteiger partial charge in [-0.15, -0.1) is 0 Å². The van der Waals surface area contributed by atoms with Gasteiger partial charge in [0.05, 0.1) is 15.9 Å². The Labute approximate surface area is 108 Å². The summed E-state index contributed by atoms with van der Waals surface area (Å²) in [6.07, 6.45) is 1.15. The molecule has 0 unspecified atom stereocenters. The van der Waals surface area contributed by atoms with E-state index < -0.39 is 0 Å². The number of rotatable bonds is 6. The minimum Gasteiger partial charge on any atom is -0.311 e. The first kappa shape index (κ1) is 13.2. The number of hydrogen-bond acceptors (Lipinski definition) is 2. The summed E-state index contributed by atoms with van der Waals surface area (Å²) in [4.78, 5) is 0. The van der Waals surface area contributed by atoms with Crippen LogP contribution in [0.1, 0.15) is 24.7 Å². The smallest absolute Gasteiger partial charge is 0.0739 e. The van der Waals surface area contributed by atoms with Crippen LogP contribution in [0.15, 0.2) is 4.47 Å². The van der Waals surface area contributed by atoms with Crippen LogP contribution < -0.4 is 5.32 Å². The summed E-state index contributed by atoms with van der Waals surface area (Å²) >= 11 is 6.99. The van der Waals surface area contributed by atoms with Crippen molar-refractivity contribution >= 4 is 31.9 Å². The standard InChI is InChI=1S/C10H17Br2N3/c1-3-15-9(7-13-6-4-5-11)10(12)8(2)14-15/h13H,3-7H2,1-2H3. The maximum Gasteiger partial charge on any atom is 0.0739 e. The van der Waals surface area contributed by atoms with Crippen LogP contribution in [0.25, 0.3) is 0 Å². The van der Waals surface area contributed by atoms with Gasteiger partial charge in [0, 0.05) is 18.4 Å². The normalized spacial score (nSPS) is 10.9. The van der Waals surface area contributed by atoms with Crippen LogP contribution in [0.5, 0.6) is 0 Å². The number of aromatic nitrogens is 2. The molecule has 0 atom stereocenters. The van der Waals surface area contributed by atoms with Gasteiger partial charge in [0.1, 0.15) is 0 Å². The van der Waals surface area contributed by atoms with Gasteiger partial charge in [-0.2, -0.15) is 5.10 Å². The molecule has 0 saturated heterocycles. The van der Waals surface area contributed by atoms with E-state index in [1.807, 2.05) is 11.6 Å². The maximum atomic E-state index is 4.45. The molecule has 1 aromatic heterocycles. The number of nitrogens with one attached hydrogen (secondary N) is 1. The molecule has 3 nitrogen and oxygen atoms in total. The van der Waals surface area contributed by atoms with Crippen LogP contribution in [0, 0.1) is 6.92 Å². The van der Waals surface area contributed by atoms with Crippen molar-refractivity contribution in [1.29, 1.82) is 0 Å². The molecule has 15 heavy (non-hydrogen) atoms. The molecule has 0 amide bonds. The average molecular weight is 339 g/mol. The van der Waals surface area contributed by atoms with E-state index in [-0.39, 0.29) is 0 Å². The number of aryl methyl sites for hydroxylation is 2. The Morgan fingerprint density at radius 2 is 2.20 bits per heavy atom. The summed E-state index contributed by atoms with van der Waals surface area (Å²) in [5.41, 5.74) is 2.30. The van der Waals surface area contributed by atoms with Crippen LogP contribution in [0.3, 0.4) is 0 Å². The summed E-state index contributed by atoms with van der Waals surface area (Å²) in [6.45, 7) is 6.97. The molecule has 0 bridgehead atoms. The Kier molecular flexibility index (Phi) is 5.86. The molecule has 1 N–H and O–H groups in total. The summed E-state index contributed by atoms with van der Waals surface area (Å²) in [7, 11) is 0. The highest BCUT2D eigenvalue weighted by molar-refractivity contribution is 9.10.